The van der Waals surface area contributed by atoms with Gasteiger partial charge < -0.3 is 9.52 Å². The summed E-state index contributed by atoms with van der Waals surface area (Å²) >= 11 is 12.3. The smallest absolute Gasteiger partial charge is 0.136 e. The second kappa shape index (κ2) is 9.44. The molecule has 7 aromatic rings. The molecule has 2 nitrogen and oxygen atoms in total. The Morgan fingerprint density at radius 1 is 0.595 bits per heavy atom. The maximum Gasteiger partial charge on any atom is 0.136 e. The minimum absolute atomic E-state index is 0.0192. The number of fused-ring (bicyclic) bond motifs is 5. The van der Waals surface area contributed by atoms with Crippen molar-refractivity contribution in [1.29, 1.82) is 0 Å². The molecule has 0 saturated carbocycles. The Balaban J connectivity index is 0.000000136. The number of halogens is 3. The number of furan rings is 1. The third-order valence-corrected chi connectivity index (χ3v) is 7.04. The number of phenolic OH excluding ortho intramolecular Hbond substituents is 1. The lowest BCUT2D eigenvalue weighted by Crippen LogP contribution is -1.87. The molecule has 7 rings (SSSR count). The molecule has 1 aromatic heterocycles. The standard InChI is InChI=1S/C16H10ClFO.C16H9ClO/c17-13-6-3-7-14(18)16(13)12-8-10-4-1-2-5-11(10)9-15(12)19;17-13-6-3-7-14-16(13)12-8-10-4-1-2-5-11(10)9-15(12)18-14/h1-9,19H;1-9H. The number of rotatable bonds is 1. The van der Waals surface area contributed by atoms with E-state index in [4.69, 9.17) is 27.6 Å². The number of phenols is 1. The van der Waals surface area contributed by atoms with Crippen LogP contribution in [-0.2, 0) is 0 Å². The Bertz CT molecular complexity index is 1920. The van der Waals surface area contributed by atoms with Crippen molar-refractivity contribution < 1.29 is 13.9 Å². The van der Waals surface area contributed by atoms with E-state index >= 15 is 0 Å². The minimum Gasteiger partial charge on any atom is -0.507 e. The molecule has 5 heteroatoms. The number of benzene rings is 6. The Hall–Kier alpha value is -4.05. The van der Waals surface area contributed by atoms with Crippen molar-refractivity contribution >= 4 is 66.7 Å². The highest BCUT2D eigenvalue weighted by atomic mass is 35.5. The average molecular weight is 525 g/mol. The highest BCUT2D eigenvalue weighted by Crippen LogP contribution is 2.39. The summed E-state index contributed by atoms with van der Waals surface area (Å²) in [6, 6.07) is 33.6. The molecule has 0 aliphatic carbocycles. The molecule has 180 valence electrons. The summed E-state index contributed by atoms with van der Waals surface area (Å²) in [4.78, 5) is 0. The first-order chi connectivity index (χ1) is 18.0. The lowest BCUT2D eigenvalue weighted by Gasteiger charge is -2.10. The molecule has 0 bridgehead atoms. The number of hydrogen-bond donors (Lipinski definition) is 1. The molecule has 0 radical (unpaired) electrons. The fourth-order valence-electron chi connectivity index (χ4n) is 4.65. The van der Waals surface area contributed by atoms with E-state index in [-0.39, 0.29) is 16.3 Å². The molecule has 0 unspecified atom stereocenters. The van der Waals surface area contributed by atoms with Crippen LogP contribution in [0.15, 0.2) is 114 Å². The quantitative estimate of drug-likeness (QED) is 0.231. The maximum absolute atomic E-state index is 13.9. The van der Waals surface area contributed by atoms with Gasteiger partial charge in [-0.05, 0) is 70.1 Å². The van der Waals surface area contributed by atoms with Crippen molar-refractivity contribution in [1.82, 2.24) is 0 Å². The highest BCUT2D eigenvalue weighted by Gasteiger charge is 2.14. The van der Waals surface area contributed by atoms with E-state index < -0.39 is 5.82 Å². The maximum atomic E-state index is 13.9. The molecule has 37 heavy (non-hydrogen) atoms. The molecule has 6 aromatic carbocycles. The molecule has 0 amide bonds. The Morgan fingerprint density at radius 2 is 1.19 bits per heavy atom. The van der Waals surface area contributed by atoms with Crippen LogP contribution in [0.2, 0.25) is 10.0 Å². The van der Waals surface area contributed by atoms with Gasteiger partial charge in [0.15, 0.2) is 0 Å². The van der Waals surface area contributed by atoms with Gasteiger partial charge in [0.2, 0.25) is 0 Å². The van der Waals surface area contributed by atoms with Crippen LogP contribution in [0.3, 0.4) is 0 Å². The van der Waals surface area contributed by atoms with E-state index in [1.165, 1.54) is 16.8 Å². The van der Waals surface area contributed by atoms with Gasteiger partial charge in [-0.2, -0.15) is 0 Å². The molecule has 0 atom stereocenters. The zero-order valence-electron chi connectivity index (χ0n) is 19.4. The predicted molar refractivity (Wildman–Crippen MR) is 152 cm³/mol. The van der Waals surface area contributed by atoms with Gasteiger partial charge in [-0.3, -0.25) is 0 Å². The Labute approximate surface area is 222 Å². The third-order valence-electron chi connectivity index (χ3n) is 6.41. The van der Waals surface area contributed by atoms with Crippen molar-refractivity contribution in [3.8, 4) is 16.9 Å². The van der Waals surface area contributed by atoms with Crippen LogP contribution in [0.1, 0.15) is 0 Å². The molecule has 0 aliphatic heterocycles. The van der Waals surface area contributed by atoms with Gasteiger partial charge in [-0.25, -0.2) is 4.39 Å². The predicted octanol–water partition coefficient (Wildman–Crippen LogP) is 10.4. The van der Waals surface area contributed by atoms with E-state index in [1.54, 1.807) is 24.3 Å². The van der Waals surface area contributed by atoms with E-state index in [9.17, 15) is 9.50 Å². The van der Waals surface area contributed by atoms with E-state index in [0.29, 0.717) is 5.56 Å². The number of aromatic hydroxyl groups is 1. The van der Waals surface area contributed by atoms with Gasteiger partial charge in [-0.15, -0.1) is 0 Å². The van der Waals surface area contributed by atoms with Gasteiger partial charge in [0.05, 0.1) is 10.0 Å². The van der Waals surface area contributed by atoms with Crippen molar-refractivity contribution in [2.75, 3.05) is 0 Å². The van der Waals surface area contributed by atoms with Crippen molar-refractivity contribution in [2.45, 2.75) is 0 Å². The SMILES string of the molecule is Clc1cccc2oc3cc4ccccc4cc3c12.Oc1cc2ccccc2cc1-c1c(F)cccc1Cl. The monoisotopic (exact) mass is 524 g/mol. The van der Waals surface area contributed by atoms with Crippen LogP contribution in [0.5, 0.6) is 5.75 Å². The van der Waals surface area contributed by atoms with Crippen LogP contribution < -0.4 is 0 Å². The van der Waals surface area contributed by atoms with E-state index in [2.05, 4.69) is 24.3 Å². The van der Waals surface area contributed by atoms with Crippen LogP contribution in [0, 0.1) is 5.82 Å². The average Bonchev–Trinajstić information content (AvgIpc) is 3.26. The minimum atomic E-state index is -0.446. The Kier molecular flexibility index (Phi) is 5.96. The summed E-state index contributed by atoms with van der Waals surface area (Å²) in [5.41, 5.74) is 2.36. The molecule has 1 heterocycles. The molecule has 0 saturated heterocycles. The van der Waals surface area contributed by atoms with E-state index in [1.807, 2.05) is 54.6 Å². The Morgan fingerprint density at radius 3 is 1.89 bits per heavy atom. The first-order valence-corrected chi connectivity index (χ1v) is 12.4. The van der Waals surface area contributed by atoms with Crippen LogP contribution in [0.25, 0.3) is 54.6 Å². The molecule has 0 spiro atoms. The lowest BCUT2D eigenvalue weighted by molar-refractivity contribution is 0.477. The second-order valence-electron chi connectivity index (χ2n) is 8.72. The van der Waals surface area contributed by atoms with Gasteiger partial charge in [-0.1, -0.05) is 83.9 Å². The summed E-state index contributed by atoms with van der Waals surface area (Å²) < 4.78 is 19.8. The van der Waals surface area contributed by atoms with Crippen molar-refractivity contribution in [2.24, 2.45) is 0 Å². The molecule has 1 N–H and O–H groups in total. The molecular weight excluding hydrogens is 506 g/mol. The highest BCUT2D eigenvalue weighted by molar-refractivity contribution is 6.38. The summed E-state index contributed by atoms with van der Waals surface area (Å²) in [5.74, 6) is -0.427. The molecule has 0 aliphatic rings. The fraction of sp³-hybridized carbons (Fsp3) is 0. The third kappa shape index (κ3) is 4.27. The first-order valence-electron chi connectivity index (χ1n) is 11.7. The van der Waals surface area contributed by atoms with Gasteiger partial charge >= 0.3 is 0 Å². The van der Waals surface area contributed by atoms with Crippen LogP contribution in [0.4, 0.5) is 4.39 Å². The summed E-state index contributed by atoms with van der Waals surface area (Å²) in [6.07, 6.45) is 0. The van der Waals surface area contributed by atoms with E-state index in [0.717, 1.165) is 37.7 Å². The van der Waals surface area contributed by atoms with Crippen molar-refractivity contribution in [3.63, 3.8) is 0 Å². The van der Waals surface area contributed by atoms with Gasteiger partial charge in [0.25, 0.3) is 0 Å². The summed E-state index contributed by atoms with van der Waals surface area (Å²) in [7, 11) is 0. The first kappa shape index (κ1) is 23.4. The van der Waals surface area contributed by atoms with Gasteiger partial charge in [0, 0.05) is 21.9 Å². The second-order valence-corrected chi connectivity index (χ2v) is 9.54. The summed E-state index contributed by atoms with van der Waals surface area (Å²) in [6.45, 7) is 0. The largest absolute Gasteiger partial charge is 0.507 e. The summed E-state index contributed by atoms with van der Waals surface area (Å²) in [5, 5.41) is 17.4. The number of hydrogen-bond acceptors (Lipinski definition) is 2. The van der Waals surface area contributed by atoms with Crippen LogP contribution in [-0.4, -0.2) is 5.11 Å². The fourth-order valence-corrected chi connectivity index (χ4v) is 5.18. The molecular formula is C32H19Cl2FO2. The normalized spacial score (nSPS) is 11.2. The zero-order valence-corrected chi connectivity index (χ0v) is 20.9. The van der Waals surface area contributed by atoms with Crippen LogP contribution >= 0.6 is 23.2 Å². The topological polar surface area (TPSA) is 33.4 Å². The lowest BCUT2D eigenvalue weighted by atomic mass is 9.99. The van der Waals surface area contributed by atoms with Crippen molar-refractivity contribution in [3.05, 3.63) is 125 Å². The molecule has 0 fully saturated rings. The van der Waals surface area contributed by atoms with Gasteiger partial charge in [0.1, 0.15) is 22.7 Å². The zero-order chi connectivity index (χ0) is 25.5.